The third-order valence-corrected chi connectivity index (χ3v) is 6.32. The molecule has 1 aliphatic rings. The van der Waals surface area contributed by atoms with Crippen molar-refractivity contribution in [3.05, 3.63) is 83.6 Å². The molecule has 0 bridgehead atoms. The van der Waals surface area contributed by atoms with Crippen molar-refractivity contribution < 1.29 is 9.59 Å². The number of benzene rings is 3. The molecule has 5 rings (SSSR count). The Morgan fingerprint density at radius 1 is 1.09 bits per heavy atom. The monoisotopic (exact) mass is 470 g/mol. The first kappa shape index (κ1) is 22.4. The quantitative estimate of drug-likeness (QED) is 0.322. The first-order valence-electron chi connectivity index (χ1n) is 11.4. The summed E-state index contributed by atoms with van der Waals surface area (Å²) in [6.45, 7) is 1.34. The molecule has 0 aliphatic heterocycles. The number of aromatic nitrogens is 2. The van der Waals surface area contributed by atoms with Crippen LogP contribution in [0.15, 0.2) is 66.9 Å². The standard InChI is InChI=1S/C27H26N4O2S/c28-14-18-4-3-6-19(10-18)22-11-21(12-25-23(22)16-31(30-25)15-17-8-9-17)27(33)29-24-7-2-1-5-20(24)13-26(32)34/h1-7,10-12,16-17H,8-9,13-15,28H2,(H,29,33)(H,32,34). The van der Waals surface area contributed by atoms with Crippen LogP contribution in [0.4, 0.5) is 5.69 Å². The Morgan fingerprint density at radius 2 is 1.91 bits per heavy atom. The lowest BCUT2D eigenvalue weighted by atomic mass is 9.97. The van der Waals surface area contributed by atoms with Gasteiger partial charge in [-0.15, -0.1) is 12.6 Å². The fourth-order valence-corrected chi connectivity index (χ4v) is 4.39. The molecule has 172 valence electrons. The number of carbonyl (C=O) groups excluding carboxylic acids is 2. The molecule has 0 atom stereocenters. The number of anilines is 1. The predicted octanol–water partition coefficient (Wildman–Crippen LogP) is 4.82. The summed E-state index contributed by atoms with van der Waals surface area (Å²) < 4.78 is 1.99. The van der Waals surface area contributed by atoms with Gasteiger partial charge in [0.25, 0.3) is 5.91 Å². The van der Waals surface area contributed by atoms with E-state index in [2.05, 4.69) is 30.2 Å². The van der Waals surface area contributed by atoms with E-state index in [0.29, 0.717) is 23.7 Å². The van der Waals surface area contributed by atoms with Crippen LogP contribution in [0.2, 0.25) is 0 Å². The number of hydrogen-bond acceptors (Lipinski definition) is 4. The molecule has 6 nitrogen and oxygen atoms in total. The summed E-state index contributed by atoms with van der Waals surface area (Å²) in [5.41, 5.74) is 11.4. The summed E-state index contributed by atoms with van der Waals surface area (Å²) in [6, 6.07) is 19.1. The van der Waals surface area contributed by atoms with E-state index < -0.39 is 0 Å². The van der Waals surface area contributed by atoms with Gasteiger partial charge in [-0.3, -0.25) is 14.3 Å². The molecule has 7 heteroatoms. The number of nitrogens with one attached hydrogen (secondary N) is 1. The lowest BCUT2D eigenvalue weighted by Gasteiger charge is -2.12. The maximum absolute atomic E-state index is 13.3. The molecule has 1 amide bonds. The highest BCUT2D eigenvalue weighted by Gasteiger charge is 2.23. The van der Waals surface area contributed by atoms with Crippen LogP contribution in [0.5, 0.6) is 0 Å². The van der Waals surface area contributed by atoms with E-state index in [9.17, 15) is 9.59 Å². The normalized spacial score (nSPS) is 13.2. The molecular formula is C27H26N4O2S. The van der Waals surface area contributed by atoms with E-state index in [0.717, 1.165) is 39.7 Å². The van der Waals surface area contributed by atoms with Gasteiger partial charge in [-0.1, -0.05) is 36.4 Å². The number of para-hydroxylation sites is 1. The number of rotatable bonds is 8. The van der Waals surface area contributed by atoms with Gasteiger partial charge in [-0.2, -0.15) is 5.10 Å². The smallest absolute Gasteiger partial charge is 0.255 e. The van der Waals surface area contributed by atoms with Gasteiger partial charge in [0.05, 0.1) is 5.52 Å². The summed E-state index contributed by atoms with van der Waals surface area (Å²) in [5, 5.41) is 8.50. The molecule has 0 radical (unpaired) electrons. The molecule has 0 spiro atoms. The van der Waals surface area contributed by atoms with Crippen molar-refractivity contribution in [2.24, 2.45) is 11.7 Å². The number of nitrogens with zero attached hydrogens (tertiary/aromatic N) is 2. The van der Waals surface area contributed by atoms with Crippen LogP contribution < -0.4 is 11.1 Å². The first-order chi connectivity index (χ1) is 16.5. The molecule has 1 aromatic heterocycles. The van der Waals surface area contributed by atoms with E-state index in [1.165, 1.54) is 12.8 Å². The highest BCUT2D eigenvalue weighted by molar-refractivity contribution is 7.96. The van der Waals surface area contributed by atoms with E-state index in [1.807, 2.05) is 53.2 Å². The van der Waals surface area contributed by atoms with E-state index >= 15 is 0 Å². The van der Waals surface area contributed by atoms with Crippen molar-refractivity contribution in [1.82, 2.24) is 9.78 Å². The largest absolute Gasteiger partial charge is 0.326 e. The number of nitrogens with two attached hydrogens (primary N) is 1. The van der Waals surface area contributed by atoms with Gasteiger partial charge in [0, 0.05) is 42.3 Å². The van der Waals surface area contributed by atoms with Crippen molar-refractivity contribution in [3.8, 4) is 11.1 Å². The molecule has 4 aromatic rings. The van der Waals surface area contributed by atoms with Gasteiger partial charge in [0.15, 0.2) is 5.12 Å². The first-order valence-corrected chi connectivity index (χ1v) is 11.9. The minimum absolute atomic E-state index is 0.140. The number of fused-ring (bicyclic) bond motifs is 1. The Labute approximate surface area is 203 Å². The van der Waals surface area contributed by atoms with Crippen molar-refractivity contribution in [1.29, 1.82) is 0 Å². The fourth-order valence-electron chi connectivity index (χ4n) is 4.22. The fraction of sp³-hybridized carbons (Fsp3) is 0.222. The van der Waals surface area contributed by atoms with Crippen LogP contribution in [0.25, 0.3) is 22.0 Å². The molecule has 0 saturated heterocycles. The second-order valence-electron chi connectivity index (χ2n) is 8.84. The maximum Gasteiger partial charge on any atom is 0.255 e. The summed E-state index contributed by atoms with van der Waals surface area (Å²) in [4.78, 5) is 24.9. The molecule has 34 heavy (non-hydrogen) atoms. The molecule has 0 unspecified atom stereocenters. The predicted molar refractivity (Wildman–Crippen MR) is 138 cm³/mol. The van der Waals surface area contributed by atoms with Gasteiger partial charge in [-0.25, -0.2) is 0 Å². The Bertz CT molecular complexity index is 1390. The van der Waals surface area contributed by atoms with Crippen molar-refractivity contribution >= 4 is 40.2 Å². The topological polar surface area (TPSA) is 90.0 Å². The second-order valence-corrected chi connectivity index (χ2v) is 9.34. The number of thiol groups is 1. The Balaban J connectivity index is 1.56. The number of hydrogen-bond donors (Lipinski definition) is 3. The zero-order valence-corrected chi connectivity index (χ0v) is 19.6. The summed E-state index contributed by atoms with van der Waals surface area (Å²) in [5.74, 6) is 0.432. The Hall–Kier alpha value is -3.42. The molecule has 1 saturated carbocycles. The van der Waals surface area contributed by atoms with Crippen molar-refractivity contribution in [2.45, 2.75) is 32.4 Å². The molecular weight excluding hydrogens is 444 g/mol. The van der Waals surface area contributed by atoms with Crippen LogP contribution in [-0.2, 0) is 24.3 Å². The van der Waals surface area contributed by atoms with Gasteiger partial charge in [0.2, 0.25) is 0 Å². The molecule has 1 heterocycles. The number of amides is 1. The summed E-state index contributed by atoms with van der Waals surface area (Å²) in [7, 11) is 0. The maximum atomic E-state index is 13.3. The van der Waals surface area contributed by atoms with Gasteiger partial charge in [0.1, 0.15) is 0 Å². The lowest BCUT2D eigenvalue weighted by molar-refractivity contribution is -0.110. The van der Waals surface area contributed by atoms with Crippen molar-refractivity contribution in [3.63, 3.8) is 0 Å². The minimum Gasteiger partial charge on any atom is -0.326 e. The third-order valence-electron chi connectivity index (χ3n) is 6.16. The van der Waals surface area contributed by atoms with E-state index in [1.54, 1.807) is 6.07 Å². The zero-order chi connectivity index (χ0) is 23.7. The molecule has 3 aromatic carbocycles. The average Bonchev–Trinajstić information content (AvgIpc) is 3.55. The van der Waals surface area contributed by atoms with Crippen LogP contribution in [0.1, 0.15) is 34.3 Å². The summed E-state index contributed by atoms with van der Waals surface area (Å²) in [6.07, 6.45) is 4.70. The Kier molecular flexibility index (Phi) is 6.22. The average molecular weight is 471 g/mol. The van der Waals surface area contributed by atoms with Gasteiger partial charge < -0.3 is 11.1 Å². The van der Waals surface area contributed by atoms with Crippen LogP contribution in [-0.4, -0.2) is 20.8 Å². The molecule has 1 fully saturated rings. The van der Waals surface area contributed by atoms with E-state index in [-0.39, 0.29) is 17.4 Å². The third kappa shape index (κ3) is 4.90. The van der Waals surface area contributed by atoms with Gasteiger partial charge in [-0.05, 0) is 65.3 Å². The number of carbonyl (C=O) groups is 2. The SMILES string of the molecule is NCc1cccc(-c2cc(C(=O)Nc3ccccc3CC(=O)S)cc3nn(CC4CC4)cc23)c1. The molecule has 1 aliphatic carbocycles. The Morgan fingerprint density at radius 3 is 2.68 bits per heavy atom. The zero-order valence-electron chi connectivity index (χ0n) is 18.7. The van der Waals surface area contributed by atoms with Crippen LogP contribution in [0.3, 0.4) is 0 Å². The minimum atomic E-state index is -0.258. The van der Waals surface area contributed by atoms with E-state index in [4.69, 9.17) is 10.8 Å². The van der Waals surface area contributed by atoms with Crippen molar-refractivity contribution in [2.75, 3.05) is 5.32 Å². The molecule has 3 N–H and O–H groups in total. The second kappa shape index (κ2) is 9.44. The van der Waals surface area contributed by atoms with Gasteiger partial charge >= 0.3 is 0 Å². The summed E-state index contributed by atoms with van der Waals surface area (Å²) >= 11 is 3.89. The highest BCUT2D eigenvalue weighted by Crippen LogP contribution is 2.34. The lowest BCUT2D eigenvalue weighted by Crippen LogP contribution is -2.14. The van der Waals surface area contributed by atoms with Crippen LogP contribution >= 0.6 is 12.6 Å². The highest BCUT2D eigenvalue weighted by atomic mass is 32.1. The van der Waals surface area contributed by atoms with Crippen LogP contribution in [0, 0.1) is 5.92 Å².